The molecule has 2 aliphatic rings. The van der Waals surface area contributed by atoms with E-state index in [0.717, 1.165) is 31.2 Å². The SMILES string of the molecule is CCOC(=O)C1CCCN(C(=O)CN(Cc2ccc(F)cc2)C2CC2)C1. The van der Waals surface area contributed by atoms with Gasteiger partial charge in [-0.2, -0.15) is 0 Å². The second-order valence-corrected chi connectivity index (χ2v) is 7.19. The van der Waals surface area contributed by atoms with Gasteiger partial charge in [0.25, 0.3) is 0 Å². The molecule has 0 aromatic heterocycles. The molecule has 0 radical (unpaired) electrons. The van der Waals surface area contributed by atoms with Crippen molar-refractivity contribution in [3.8, 4) is 0 Å². The highest BCUT2D eigenvalue weighted by atomic mass is 19.1. The molecule has 1 unspecified atom stereocenters. The third kappa shape index (κ3) is 5.04. The van der Waals surface area contributed by atoms with Crippen LogP contribution < -0.4 is 0 Å². The Kier molecular flexibility index (Phi) is 6.25. The van der Waals surface area contributed by atoms with Crippen LogP contribution >= 0.6 is 0 Å². The van der Waals surface area contributed by atoms with Crippen molar-refractivity contribution in [3.05, 3.63) is 35.6 Å². The zero-order valence-corrected chi connectivity index (χ0v) is 15.3. The van der Waals surface area contributed by atoms with E-state index in [2.05, 4.69) is 4.90 Å². The van der Waals surface area contributed by atoms with E-state index in [1.54, 1.807) is 24.0 Å². The van der Waals surface area contributed by atoms with Gasteiger partial charge in [0.15, 0.2) is 0 Å². The molecule has 5 nitrogen and oxygen atoms in total. The van der Waals surface area contributed by atoms with Crippen molar-refractivity contribution in [1.82, 2.24) is 9.80 Å². The minimum atomic E-state index is -0.249. The first-order chi connectivity index (χ1) is 12.6. The van der Waals surface area contributed by atoms with Crippen molar-refractivity contribution in [3.63, 3.8) is 0 Å². The van der Waals surface area contributed by atoms with E-state index in [1.165, 1.54) is 12.1 Å². The summed E-state index contributed by atoms with van der Waals surface area (Å²) in [6.07, 6.45) is 3.81. The number of benzene rings is 1. The first-order valence-corrected chi connectivity index (χ1v) is 9.49. The standard InChI is InChI=1S/C20H27FN2O3/c1-2-26-20(25)16-4-3-11-22(13-16)19(24)14-23(18-9-10-18)12-15-5-7-17(21)8-6-15/h5-8,16,18H,2-4,9-14H2,1H3. The molecule has 1 aliphatic carbocycles. The fourth-order valence-corrected chi connectivity index (χ4v) is 3.51. The summed E-state index contributed by atoms with van der Waals surface area (Å²) in [5.74, 6) is -0.594. The van der Waals surface area contributed by atoms with Crippen molar-refractivity contribution in [2.45, 2.75) is 45.2 Å². The quantitative estimate of drug-likeness (QED) is 0.700. The summed E-state index contributed by atoms with van der Waals surface area (Å²) in [4.78, 5) is 28.7. The second-order valence-electron chi connectivity index (χ2n) is 7.19. The monoisotopic (exact) mass is 362 g/mol. The number of ether oxygens (including phenoxy) is 1. The first kappa shape index (κ1) is 18.8. The summed E-state index contributed by atoms with van der Waals surface area (Å²) in [6.45, 7) is 4.31. The number of hydrogen-bond acceptors (Lipinski definition) is 4. The highest BCUT2D eigenvalue weighted by Gasteiger charge is 2.34. The Balaban J connectivity index is 1.57. The molecule has 1 aromatic rings. The van der Waals surface area contributed by atoms with Gasteiger partial charge in [-0.15, -0.1) is 0 Å². The maximum absolute atomic E-state index is 13.1. The number of hydrogen-bond donors (Lipinski definition) is 0. The molecule has 1 amide bonds. The van der Waals surface area contributed by atoms with Crippen LogP contribution in [-0.4, -0.2) is 54.0 Å². The lowest BCUT2D eigenvalue weighted by Gasteiger charge is -2.33. The molecule has 142 valence electrons. The van der Waals surface area contributed by atoms with Gasteiger partial charge < -0.3 is 9.64 Å². The minimum Gasteiger partial charge on any atom is -0.466 e. The van der Waals surface area contributed by atoms with Gasteiger partial charge in [0.1, 0.15) is 5.82 Å². The maximum atomic E-state index is 13.1. The van der Waals surface area contributed by atoms with E-state index in [0.29, 0.717) is 38.8 Å². The van der Waals surface area contributed by atoms with Gasteiger partial charge in [-0.25, -0.2) is 4.39 Å². The van der Waals surface area contributed by atoms with Gasteiger partial charge in [0.2, 0.25) is 5.91 Å². The lowest BCUT2D eigenvalue weighted by molar-refractivity contribution is -0.151. The van der Waals surface area contributed by atoms with E-state index in [1.807, 2.05) is 0 Å². The van der Waals surface area contributed by atoms with Crippen LogP contribution in [0, 0.1) is 11.7 Å². The number of carbonyl (C=O) groups excluding carboxylic acids is 2. The number of esters is 1. The third-order valence-corrected chi connectivity index (χ3v) is 5.09. The lowest BCUT2D eigenvalue weighted by Crippen LogP contribution is -2.47. The molecule has 1 saturated carbocycles. The number of nitrogens with zero attached hydrogens (tertiary/aromatic N) is 2. The van der Waals surface area contributed by atoms with Crippen LogP contribution in [0.4, 0.5) is 4.39 Å². The highest BCUT2D eigenvalue weighted by Crippen LogP contribution is 2.28. The largest absolute Gasteiger partial charge is 0.466 e. The normalized spacial score (nSPS) is 20.3. The van der Waals surface area contributed by atoms with Crippen LogP contribution in [0.3, 0.4) is 0 Å². The topological polar surface area (TPSA) is 49.9 Å². The predicted molar refractivity (Wildman–Crippen MR) is 95.8 cm³/mol. The van der Waals surface area contributed by atoms with Crippen molar-refractivity contribution < 1.29 is 18.7 Å². The summed E-state index contributed by atoms with van der Waals surface area (Å²) in [6, 6.07) is 6.88. The number of likely N-dealkylation sites (tertiary alicyclic amines) is 1. The molecule has 1 aromatic carbocycles. The molecule has 1 aliphatic heterocycles. The predicted octanol–water partition coefficient (Wildman–Crippen LogP) is 2.59. The van der Waals surface area contributed by atoms with Crippen LogP contribution in [-0.2, 0) is 20.9 Å². The Morgan fingerprint density at radius 2 is 1.96 bits per heavy atom. The lowest BCUT2D eigenvalue weighted by atomic mass is 9.98. The number of piperidine rings is 1. The number of halogens is 1. The van der Waals surface area contributed by atoms with Crippen molar-refractivity contribution in [2.24, 2.45) is 5.92 Å². The molecule has 1 saturated heterocycles. The molecule has 0 bridgehead atoms. The second kappa shape index (κ2) is 8.62. The van der Waals surface area contributed by atoms with Crippen molar-refractivity contribution in [1.29, 1.82) is 0 Å². The van der Waals surface area contributed by atoms with Crippen LogP contribution in [0.15, 0.2) is 24.3 Å². The zero-order valence-electron chi connectivity index (χ0n) is 15.3. The minimum absolute atomic E-state index is 0.0630. The Labute approximate surface area is 154 Å². The first-order valence-electron chi connectivity index (χ1n) is 9.49. The summed E-state index contributed by atoms with van der Waals surface area (Å²) in [5.41, 5.74) is 1.01. The smallest absolute Gasteiger partial charge is 0.310 e. The van der Waals surface area contributed by atoms with E-state index >= 15 is 0 Å². The summed E-state index contributed by atoms with van der Waals surface area (Å²) < 4.78 is 18.2. The fourth-order valence-electron chi connectivity index (χ4n) is 3.51. The number of rotatable bonds is 7. The maximum Gasteiger partial charge on any atom is 0.310 e. The van der Waals surface area contributed by atoms with Gasteiger partial charge in [-0.1, -0.05) is 12.1 Å². The van der Waals surface area contributed by atoms with Crippen molar-refractivity contribution in [2.75, 3.05) is 26.2 Å². The van der Waals surface area contributed by atoms with Crippen LogP contribution in [0.25, 0.3) is 0 Å². The van der Waals surface area contributed by atoms with Crippen LogP contribution in [0.5, 0.6) is 0 Å². The van der Waals surface area contributed by atoms with Crippen molar-refractivity contribution >= 4 is 11.9 Å². The Hall–Kier alpha value is -1.95. The molecule has 6 heteroatoms. The Morgan fingerprint density at radius 3 is 2.62 bits per heavy atom. The molecule has 1 heterocycles. The van der Waals surface area contributed by atoms with E-state index in [-0.39, 0.29) is 23.6 Å². The third-order valence-electron chi connectivity index (χ3n) is 5.09. The van der Waals surface area contributed by atoms with E-state index < -0.39 is 0 Å². The van der Waals surface area contributed by atoms with Gasteiger partial charge in [0.05, 0.1) is 19.1 Å². The molecular weight excluding hydrogens is 335 g/mol. The van der Waals surface area contributed by atoms with Gasteiger partial charge >= 0.3 is 5.97 Å². The molecule has 2 fully saturated rings. The highest BCUT2D eigenvalue weighted by molar-refractivity contribution is 5.80. The average Bonchev–Trinajstić information content (AvgIpc) is 3.48. The summed E-state index contributed by atoms with van der Waals surface area (Å²) >= 11 is 0. The Bertz CT molecular complexity index is 630. The summed E-state index contributed by atoms with van der Waals surface area (Å²) in [5, 5.41) is 0. The molecule has 1 atom stereocenters. The number of carbonyl (C=O) groups is 2. The zero-order chi connectivity index (χ0) is 18.5. The Morgan fingerprint density at radius 1 is 1.23 bits per heavy atom. The number of amides is 1. The fraction of sp³-hybridized carbons (Fsp3) is 0.600. The summed E-state index contributed by atoms with van der Waals surface area (Å²) in [7, 11) is 0. The van der Waals surface area contributed by atoms with Crippen LogP contribution in [0.1, 0.15) is 38.2 Å². The van der Waals surface area contributed by atoms with Gasteiger partial charge in [0, 0.05) is 25.7 Å². The van der Waals surface area contributed by atoms with Gasteiger partial charge in [-0.3, -0.25) is 14.5 Å². The molecule has 0 spiro atoms. The van der Waals surface area contributed by atoms with E-state index in [9.17, 15) is 14.0 Å². The average molecular weight is 362 g/mol. The van der Waals surface area contributed by atoms with Crippen LogP contribution in [0.2, 0.25) is 0 Å². The van der Waals surface area contributed by atoms with Gasteiger partial charge in [-0.05, 0) is 50.3 Å². The molecular formula is C20H27FN2O3. The van der Waals surface area contributed by atoms with E-state index in [4.69, 9.17) is 4.74 Å². The molecule has 0 N–H and O–H groups in total. The molecule has 3 rings (SSSR count). The molecule has 26 heavy (non-hydrogen) atoms.